The number of nitrogens with one attached hydrogen (secondary N) is 1. The van der Waals surface area contributed by atoms with Crippen LogP contribution < -0.4 is 9.73 Å². The molecule has 0 radical (unpaired) electrons. The number of carbonyl (C=O) groups is 1. The van der Waals surface area contributed by atoms with Gasteiger partial charge >= 0.3 is 0 Å². The molecule has 2 rings (SSSR count). The van der Waals surface area contributed by atoms with E-state index in [2.05, 4.69) is 26.5 Å². The summed E-state index contributed by atoms with van der Waals surface area (Å²) in [4.78, 5) is 12.2. The molecule has 0 heterocycles. The number of nitrogens with zero attached hydrogens (tertiary/aromatic N) is 2. The Balaban J connectivity index is 2.16. The zero-order valence-corrected chi connectivity index (χ0v) is 17.3. The molecule has 0 spiro atoms. The molecule has 2 aromatic rings. The first-order valence-corrected chi connectivity index (χ1v) is 10.5. The molecule has 0 aliphatic heterocycles. The summed E-state index contributed by atoms with van der Waals surface area (Å²) in [6, 6.07) is 13.9. The van der Waals surface area contributed by atoms with Crippen molar-refractivity contribution >= 4 is 54.9 Å². The van der Waals surface area contributed by atoms with Gasteiger partial charge in [-0.1, -0.05) is 51.8 Å². The van der Waals surface area contributed by atoms with E-state index in [1.807, 2.05) is 24.3 Å². The Labute approximate surface area is 166 Å². The first-order valence-electron chi connectivity index (χ1n) is 7.50. The molecule has 6 nitrogen and oxygen atoms in total. The highest BCUT2D eigenvalue weighted by Gasteiger charge is 2.22. The summed E-state index contributed by atoms with van der Waals surface area (Å²) in [7, 11) is -3.70. The number of amides is 1. The van der Waals surface area contributed by atoms with Gasteiger partial charge in [-0.25, -0.2) is 13.8 Å². The van der Waals surface area contributed by atoms with Gasteiger partial charge in [-0.3, -0.25) is 9.10 Å². The van der Waals surface area contributed by atoms with E-state index in [-0.39, 0.29) is 10.7 Å². The average Bonchev–Trinajstić information content (AvgIpc) is 2.57. The molecule has 0 atom stereocenters. The summed E-state index contributed by atoms with van der Waals surface area (Å²) >= 11 is 9.43. The Hall–Kier alpha value is -1.90. The maximum Gasteiger partial charge on any atom is 0.260 e. The van der Waals surface area contributed by atoms with Crippen LogP contribution in [0.25, 0.3) is 0 Å². The summed E-state index contributed by atoms with van der Waals surface area (Å²) < 4.78 is 26.0. The van der Waals surface area contributed by atoms with Crippen molar-refractivity contribution in [2.75, 3.05) is 17.1 Å². The molecule has 2 aromatic carbocycles. The Morgan fingerprint density at radius 2 is 1.92 bits per heavy atom. The van der Waals surface area contributed by atoms with Crippen LogP contribution in [0.2, 0.25) is 5.02 Å². The molecule has 1 N–H and O–H groups in total. The molecule has 138 valence electrons. The molecular weight excluding hydrogens is 442 g/mol. The smallest absolute Gasteiger partial charge is 0.260 e. The van der Waals surface area contributed by atoms with Gasteiger partial charge in [0.15, 0.2) is 0 Å². The number of hydrazone groups is 1. The van der Waals surface area contributed by atoms with E-state index >= 15 is 0 Å². The van der Waals surface area contributed by atoms with Crippen LogP contribution in [-0.4, -0.2) is 32.8 Å². The van der Waals surface area contributed by atoms with Crippen LogP contribution >= 0.6 is 27.5 Å². The van der Waals surface area contributed by atoms with Crippen LogP contribution in [0.15, 0.2) is 58.1 Å². The number of para-hydroxylation sites is 1. The van der Waals surface area contributed by atoms with Gasteiger partial charge < -0.3 is 0 Å². The first kappa shape index (κ1) is 20.4. The number of halogens is 2. The number of sulfonamides is 1. The molecule has 0 aliphatic carbocycles. The Bertz CT molecular complexity index is 948. The standard InChI is InChI=1S/C17H17BrClN3O3S/c1-12(13-6-5-7-14(18)10-13)20-21-17(23)11-22(26(2,24)25)16-9-4-3-8-15(16)19/h3-10H,11H2,1-2H3,(H,21,23)/b20-12-. The summed E-state index contributed by atoms with van der Waals surface area (Å²) in [5.41, 5.74) is 4.02. The van der Waals surface area contributed by atoms with Crippen molar-refractivity contribution in [2.24, 2.45) is 5.10 Å². The zero-order chi connectivity index (χ0) is 19.3. The lowest BCUT2D eigenvalue weighted by atomic mass is 10.1. The van der Waals surface area contributed by atoms with Gasteiger partial charge in [0.1, 0.15) is 6.54 Å². The van der Waals surface area contributed by atoms with Crippen LogP contribution in [0.4, 0.5) is 5.69 Å². The monoisotopic (exact) mass is 457 g/mol. The minimum atomic E-state index is -3.70. The van der Waals surface area contributed by atoms with Crippen molar-refractivity contribution in [3.8, 4) is 0 Å². The first-order chi connectivity index (χ1) is 12.2. The number of hydrogen-bond acceptors (Lipinski definition) is 4. The van der Waals surface area contributed by atoms with E-state index in [0.717, 1.165) is 20.6 Å². The van der Waals surface area contributed by atoms with E-state index in [9.17, 15) is 13.2 Å². The number of anilines is 1. The highest BCUT2D eigenvalue weighted by Crippen LogP contribution is 2.26. The zero-order valence-electron chi connectivity index (χ0n) is 14.1. The highest BCUT2D eigenvalue weighted by molar-refractivity contribution is 9.10. The Morgan fingerprint density at radius 1 is 1.23 bits per heavy atom. The molecule has 0 saturated heterocycles. The number of hydrogen-bond donors (Lipinski definition) is 1. The second-order valence-corrected chi connectivity index (χ2v) is 8.69. The van der Waals surface area contributed by atoms with Crippen LogP contribution in [0, 0.1) is 0 Å². The Morgan fingerprint density at radius 3 is 2.54 bits per heavy atom. The van der Waals surface area contributed by atoms with Gasteiger partial charge in [0.25, 0.3) is 5.91 Å². The van der Waals surface area contributed by atoms with Crippen LogP contribution in [0.3, 0.4) is 0 Å². The van der Waals surface area contributed by atoms with Crippen molar-refractivity contribution in [2.45, 2.75) is 6.92 Å². The molecule has 0 aliphatic rings. The van der Waals surface area contributed by atoms with Gasteiger partial charge in [-0.2, -0.15) is 5.10 Å². The normalized spacial score (nSPS) is 11.9. The fraction of sp³-hybridized carbons (Fsp3) is 0.176. The molecule has 0 saturated carbocycles. The third kappa shape index (κ3) is 5.55. The van der Waals surface area contributed by atoms with Crippen LogP contribution in [0.5, 0.6) is 0 Å². The van der Waals surface area contributed by atoms with E-state index in [0.29, 0.717) is 5.71 Å². The fourth-order valence-electron chi connectivity index (χ4n) is 2.13. The van der Waals surface area contributed by atoms with Crippen molar-refractivity contribution in [1.82, 2.24) is 5.43 Å². The minimum Gasteiger partial charge on any atom is -0.271 e. The number of rotatable bonds is 6. The van der Waals surface area contributed by atoms with Crippen LogP contribution in [0.1, 0.15) is 12.5 Å². The maximum absolute atomic E-state index is 12.2. The largest absolute Gasteiger partial charge is 0.271 e. The van der Waals surface area contributed by atoms with E-state index in [1.54, 1.807) is 25.1 Å². The van der Waals surface area contributed by atoms with Crippen molar-refractivity contribution < 1.29 is 13.2 Å². The molecule has 9 heteroatoms. The van der Waals surface area contributed by atoms with Gasteiger partial charge in [0.05, 0.1) is 22.7 Å². The van der Waals surface area contributed by atoms with Crippen molar-refractivity contribution in [1.29, 1.82) is 0 Å². The van der Waals surface area contributed by atoms with E-state index in [1.165, 1.54) is 6.07 Å². The molecule has 0 fully saturated rings. The second-order valence-electron chi connectivity index (χ2n) is 5.46. The molecule has 0 unspecified atom stereocenters. The molecule has 1 amide bonds. The van der Waals surface area contributed by atoms with Gasteiger partial charge in [0.2, 0.25) is 10.0 Å². The topological polar surface area (TPSA) is 78.8 Å². The Kier molecular flexibility index (Phi) is 6.80. The summed E-state index contributed by atoms with van der Waals surface area (Å²) in [6.07, 6.45) is 1.01. The molecule has 0 aromatic heterocycles. The molecule has 26 heavy (non-hydrogen) atoms. The lowest BCUT2D eigenvalue weighted by Gasteiger charge is -2.22. The number of carbonyl (C=O) groups excluding carboxylic acids is 1. The van der Waals surface area contributed by atoms with Crippen molar-refractivity contribution in [3.05, 3.63) is 63.6 Å². The third-order valence-corrected chi connectivity index (χ3v) is 5.34. The number of benzene rings is 2. The third-order valence-electron chi connectivity index (χ3n) is 3.40. The van der Waals surface area contributed by atoms with E-state index in [4.69, 9.17) is 11.6 Å². The molecular formula is C17H17BrClN3O3S. The van der Waals surface area contributed by atoms with Gasteiger partial charge in [-0.15, -0.1) is 0 Å². The summed E-state index contributed by atoms with van der Waals surface area (Å²) in [6.45, 7) is 1.31. The predicted molar refractivity (Wildman–Crippen MR) is 108 cm³/mol. The lowest BCUT2D eigenvalue weighted by molar-refractivity contribution is -0.119. The van der Waals surface area contributed by atoms with Gasteiger partial charge in [-0.05, 0) is 36.8 Å². The van der Waals surface area contributed by atoms with Gasteiger partial charge in [0, 0.05) is 4.47 Å². The second kappa shape index (κ2) is 8.66. The predicted octanol–water partition coefficient (Wildman–Crippen LogP) is 3.41. The van der Waals surface area contributed by atoms with E-state index < -0.39 is 22.5 Å². The van der Waals surface area contributed by atoms with Crippen molar-refractivity contribution in [3.63, 3.8) is 0 Å². The van der Waals surface area contributed by atoms with Crippen LogP contribution in [-0.2, 0) is 14.8 Å². The highest BCUT2D eigenvalue weighted by atomic mass is 79.9. The summed E-state index contributed by atoms with van der Waals surface area (Å²) in [5, 5.41) is 4.26. The fourth-order valence-corrected chi connectivity index (χ4v) is 3.68. The SMILES string of the molecule is C/C(=N/NC(=O)CN(c1ccccc1Cl)S(C)(=O)=O)c1cccc(Br)c1. The average molecular weight is 459 g/mol. The quantitative estimate of drug-likeness (QED) is 0.532. The minimum absolute atomic E-state index is 0.236. The lowest BCUT2D eigenvalue weighted by Crippen LogP contribution is -2.39. The summed E-state index contributed by atoms with van der Waals surface area (Å²) in [5.74, 6) is -0.579. The maximum atomic E-state index is 12.2. The molecule has 0 bridgehead atoms.